The lowest BCUT2D eigenvalue weighted by molar-refractivity contribution is -0.125. The van der Waals surface area contributed by atoms with Crippen molar-refractivity contribution in [1.29, 1.82) is 0 Å². The van der Waals surface area contributed by atoms with Crippen LogP contribution >= 0.6 is 11.6 Å². The molecule has 0 aliphatic carbocycles. The summed E-state index contributed by atoms with van der Waals surface area (Å²) in [6, 6.07) is 11.2. The monoisotopic (exact) mass is 539 g/mol. The molecule has 9 heteroatoms. The summed E-state index contributed by atoms with van der Waals surface area (Å²) in [6.07, 6.45) is 2.46. The number of rotatable bonds is 3. The number of primary amides is 1. The molecule has 2 aromatic rings. The average molecular weight is 540 g/mol. The smallest absolute Gasteiger partial charge is 0.410 e. The van der Waals surface area contributed by atoms with Crippen LogP contribution in [0, 0.1) is 0 Å². The Balaban J connectivity index is 1.48. The van der Waals surface area contributed by atoms with Gasteiger partial charge >= 0.3 is 6.09 Å². The summed E-state index contributed by atoms with van der Waals surface area (Å²) in [5.74, 6) is -0.508. The topological polar surface area (TPSA) is 102 Å². The molecule has 38 heavy (non-hydrogen) atoms. The van der Waals surface area contributed by atoms with Gasteiger partial charge in [0.05, 0.1) is 27.4 Å². The maximum Gasteiger partial charge on any atom is 0.410 e. The molecular weight excluding hydrogens is 506 g/mol. The summed E-state index contributed by atoms with van der Waals surface area (Å²) in [7, 11) is 0. The molecule has 0 saturated carbocycles. The van der Waals surface area contributed by atoms with Crippen LogP contribution in [0.25, 0.3) is 0 Å². The summed E-state index contributed by atoms with van der Waals surface area (Å²) in [6.45, 7) is 7.81. The molecule has 0 atom stereocenters. The van der Waals surface area contributed by atoms with Crippen LogP contribution in [0.5, 0.6) is 0 Å². The summed E-state index contributed by atoms with van der Waals surface area (Å²) >= 11 is 6.36. The van der Waals surface area contributed by atoms with Crippen LogP contribution in [-0.4, -0.2) is 54.7 Å². The van der Waals surface area contributed by atoms with Gasteiger partial charge in [0.2, 0.25) is 5.91 Å². The van der Waals surface area contributed by atoms with Gasteiger partial charge in [-0.2, -0.15) is 0 Å². The minimum atomic E-state index is -0.738. The largest absolute Gasteiger partial charge is 0.444 e. The fourth-order valence-electron chi connectivity index (χ4n) is 5.93. The molecule has 3 aliphatic heterocycles. The van der Waals surface area contributed by atoms with Crippen LogP contribution in [0.1, 0.15) is 73.9 Å². The van der Waals surface area contributed by atoms with Crippen molar-refractivity contribution in [2.75, 3.05) is 31.2 Å². The third-order valence-corrected chi connectivity index (χ3v) is 8.15. The summed E-state index contributed by atoms with van der Waals surface area (Å²) in [4.78, 5) is 42.4. The zero-order valence-electron chi connectivity index (χ0n) is 22.1. The molecular formula is C29H34ClN3O5. The van der Waals surface area contributed by atoms with Gasteiger partial charge in [0, 0.05) is 26.3 Å². The van der Waals surface area contributed by atoms with Crippen molar-refractivity contribution < 1.29 is 23.9 Å². The van der Waals surface area contributed by atoms with Gasteiger partial charge in [0.25, 0.3) is 5.91 Å². The van der Waals surface area contributed by atoms with Gasteiger partial charge in [-0.05, 0) is 81.7 Å². The summed E-state index contributed by atoms with van der Waals surface area (Å²) < 4.78 is 11.2. The highest BCUT2D eigenvalue weighted by atomic mass is 35.5. The lowest BCUT2D eigenvalue weighted by Gasteiger charge is -2.34. The standard InChI is InChI=1S/C29H34ClN3O5/c1-28(2,3)38-27(36)32-13-9-18(10-14-32)19-7-8-22-20(17-19)29(11-15-37-16-12-29)26(35)33(22)23-6-4-5-21(30)24(23)25(31)34/h4-8,17-18H,9-16H2,1-3H3,(H2,31,34). The first kappa shape index (κ1) is 26.5. The highest BCUT2D eigenvalue weighted by molar-refractivity contribution is 6.35. The van der Waals surface area contributed by atoms with E-state index in [1.165, 1.54) is 0 Å². The lowest BCUT2D eigenvalue weighted by atomic mass is 9.74. The Morgan fingerprint density at radius 1 is 1.08 bits per heavy atom. The van der Waals surface area contributed by atoms with Gasteiger partial charge in [-0.25, -0.2) is 4.79 Å². The number of carbonyl (C=O) groups excluding carboxylic acids is 3. The molecule has 1 spiro atoms. The van der Waals surface area contributed by atoms with Gasteiger partial charge in [-0.15, -0.1) is 0 Å². The Morgan fingerprint density at radius 2 is 1.76 bits per heavy atom. The van der Waals surface area contributed by atoms with Crippen LogP contribution in [0.15, 0.2) is 36.4 Å². The van der Waals surface area contributed by atoms with E-state index < -0.39 is 16.9 Å². The molecule has 0 aromatic heterocycles. The molecule has 202 valence electrons. The van der Waals surface area contributed by atoms with Gasteiger partial charge in [-0.1, -0.05) is 29.8 Å². The first-order valence-electron chi connectivity index (χ1n) is 13.1. The Hall–Kier alpha value is -3.10. The Bertz CT molecular complexity index is 1270. The van der Waals surface area contributed by atoms with E-state index >= 15 is 0 Å². The molecule has 3 amide bonds. The molecule has 0 radical (unpaired) electrons. The van der Waals surface area contributed by atoms with Crippen molar-refractivity contribution in [1.82, 2.24) is 4.90 Å². The highest BCUT2D eigenvalue weighted by Gasteiger charge is 2.52. The maximum atomic E-state index is 14.2. The third-order valence-electron chi connectivity index (χ3n) is 7.83. The van der Waals surface area contributed by atoms with Crippen molar-refractivity contribution in [3.63, 3.8) is 0 Å². The van der Waals surface area contributed by atoms with Crippen LogP contribution in [-0.2, 0) is 19.7 Å². The molecule has 2 fully saturated rings. The number of anilines is 2. The molecule has 2 saturated heterocycles. The second-order valence-corrected chi connectivity index (χ2v) is 11.8. The van der Waals surface area contributed by atoms with E-state index in [-0.39, 0.29) is 28.5 Å². The lowest BCUT2D eigenvalue weighted by Crippen LogP contribution is -2.43. The zero-order chi connectivity index (χ0) is 27.2. The number of fused-ring (bicyclic) bond motifs is 2. The predicted molar refractivity (Wildman–Crippen MR) is 145 cm³/mol. The van der Waals surface area contributed by atoms with Crippen molar-refractivity contribution >= 4 is 40.9 Å². The van der Waals surface area contributed by atoms with Gasteiger partial charge in [-0.3, -0.25) is 14.5 Å². The van der Waals surface area contributed by atoms with E-state index in [0.717, 1.165) is 29.7 Å². The van der Waals surface area contributed by atoms with Crippen molar-refractivity contribution in [2.45, 2.75) is 63.4 Å². The zero-order valence-corrected chi connectivity index (χ0v) is 22.8. The molecule has 0 unspecified atom stereocenters. The average Bonchev–Trinajstić information content (AvgIpc) is 3.10. The first-order chi connectivity index (χ1) is 18.0. The van der Waals surface area contributed by atoms with Crippen molar-refractivity contribution in [3.8, 4) is 0 Å². The molecule has 8 nitrogen and oxygen atoms in total. The third kappa shape index (κ3) is 4.64. The highest BCUT2D eigenvalue weighted by Crippen LogP contribution is 2.52. The normalized spacial score (nSPS) is 19.5. The fourth-order valence-corrected chi connectivity index (χ4v) is 6.19. The van der Waals surface area contributed by atoms with E-state index in [1.54, 1.807) is 28.0 Å². The minimum Gasteiger partial charge on any atom is -0.444 e. The number of benzene rings is 2. The number of hydrogen-bond acceptors (Lipinski definition) is 5. The summed E-state index contributed by atoms with van der Waals surface area (Å²) in [5, 5.41) is 0.214. The van der Waals surface area contributed by atoms with Crippen molar-refractivity contribution in [2.24, 2.45) is 5.73 Å². The fraction of sp³-hybridized carbons (Fsp3) is 0.483. The van der Waals surface area contributed by atoms with Gasteiger partial charge in [0.1, 0.15) is 5.60 Å². The Morgan fingerprint density at radius 3 is 2.39 bits per heavy atom. The number of nitrogens with zero attached hydrogens (tertiary/aromatic N) is 2. The number of likely N-dealkylation sites (tertiary alicyclic amines) is 1. The second kappa shape index (κ2) is 9.89. The summed E-state index contributed by atoms with van der Waals surface area (Å²) in [5.41, 5.74) is 7.81. The molecule has 3 heterocycles. The second-order valence-electron chi connectivity index (χ2n) is 11.4. The number of ether oxygens (including phenoxy) is 2. The molecule has 5 rings (SSSR count). The quantitative estimate of drug-likeness (QED) is 0.571. The predicted octanol–water partition coefficient (Wildman–Crippen LogP) is 5.28. The van der Waals surface area contributed by atoms with Crippen LogP contribution in [0.2, 0.25) is 5.02 Å². The number of amides is 3. The molecule has 3 aliphatic rings. The van der Waals surface area contributed by atoms with Crippen LogP contribution in [0.3, 0.4) is 0 Å². The van der Waals surface area contributed by atoms with E-state index in [9.17, 15) is 14.4 Å². The van der Waals surface area contributed by atoms with Crippen molar-refractivity contribution in [3.05, 3.63) is 58.1 Å². The SMILES string of the molecule is CC(C)(C)OC(=O)N1CCC(c2ccc3c(c2)C2(CCOCC2)C(=O)N3c2cccc(Cl)c2C(N)=O)CC1. The first-order valence-corrected chi connectivity index (χ1v) is 13.5. The van der Waals surface area contributed by atoms with E-state index in [1.807, 2.05) is 26.8 Å². The minimum absolute atomic E-state index is 0.0857. The van der Waals surface area contributed by atoms with Crippen LogP contribution in [0.4, 0.5) is 16.2 Å². The number of piperidine rings is 1. The maximum absolute atomic E-state index is 14.2. The van der Waals surface area contributed by atoms with E-state index in [4.69, 9.17) is 26.8 Å². The van der Waals surface area contributed by atoms with Gasteiger partial charge < -0.3 is 20.1 Å². The Labute approximate surface area is 228 Å². The molecule has 0 bridgehead atoms. The Kier molecular flexibility index (Phi) is 6.90. The number of carbonyl (C=O) groups is 3. The van der Waals surface area contributed by atoms with Crippen LogP contribution < -0.4 is 10.6 Å². The molecule has 2 aromatic carbocycles. The van der Waals surface area contributed by atoms with E-state index in [2.05, 4.69) is 12.1 Å². The molecule has 2 N–H and O–H groups in total. The van der Waals surface area contributed by atoms with Gasteiger partial charge in [0.15, 0.2) is 0 Å². The number of hydrogen-bond donors (Lipinski definition) is 1. The van der Waals surface area contributed by atoms with E-state index in [0.29, 0.717) is 44.8 Å². The number of halogens is 1. The number of nitrogens with two attached hydrogens (primary N) is 1.